The first-order chi connectivity index (χ1) is 6.72. The average molecular weight is 210 g/mol. The third-order valence-corrected chi connectivity index (χ3v) is 2.83. The number of halogens is 1. The van der Waals surface area contributed by atoms with Gasteiger partial charge in [-0.3, -0.25) is 4.79 Å². The Kier molecular flexibility index (Phi) is 2.46. The molecule has 2 nitrogen and oxygen atoms in total. The molecule has 0 heterocycles. The van der Waals surface area contributed by atoms with Gasteiger partial charge in [-0.2, -0.15) is 0 Å². The minimum Gasteiger partial charge on any atom is -0.371 e. The summed E-state index contributed by atoms with van der Waals surface area (Å²) in [4.78, 5) is 13.0. The molecule has 0 bridgehead atoms. The van der Waals surface area contributed by atoms with E-state index in [2.05, 4.69) is 4.90 Å². The van der Waals surface area contributed by atoms with Crippen LogP contribution < -0.4 is 4.90 Å². The monoisotopic (exact) mass is 209 g/mol. The number of aldehydes is 1. The summed E-state index contributed by atoms with van der Waals surface area (Å²) in [7, 11) is 2.02. The summed E-state index contributed by atoms with van der Waals surface area (Å²) >= 11 is 5.82. The van der Waals surface area contributed by atoms with Crippen molar-refractivity contribution in [3.8, 4) is 0 Å². The predicted octanol–water partition coefficient (Wildman–Crippen LogP) is 2.75. The van der Waals surface area contributed by atoms with E-state index in [0.717, 1.165) is 12.0 Å². The van der Waals surface area contributed by atoms with Gasteiger partial charge in [0.1, 0.15) is 0 Å². The van der Waals surface area contributed by atoms with Crippen LogP contribution in [-0.4, -0.2) is 19.4 Å². The zero-order valence-electron chi connectivity index (χ0n) is 8.03. The van der Waals surface area contributed by atoms with Crippen molar-refractivity contribution in [2.75, 3.05) is 11.9 Å². The van der Waals surface area contributed by atoms with Gasteiger partial charge in [0.25, 0.3) is 0 Å². The first-order valence-electron chi connectivity index (χ1n) is 4.70. The van der Waals surface area contributed by atoms with Crippen LogP contribution in [0.5, 0.6) is 0 Å². The Labute approximate surface area is 88.5 Å². The van der Waals surface area contributed by atoms with E-state index < -0.39 is 0 Å². The summed E-state index contributed by atoms with van der Waals surface area (Å²) in [5.74, 6) is 0. The van der Waals surface area contributed by atoms with E-state index in [4.69, 9.17) is 11.6 Å². The maximum absolute atomic E-state index is 10.8. The van der Waals surface area contributed by atoms with E-state index in [-0.39, 0.29) is 0 Å². The summed E-state index contributed by atoms with van der Waals surface area (Å²) in [6.45, 7) is 0. The van der Waals surface area contributed by atoms with Gasteiger partial charge in [-0.1, -0.05) is 11.6 Å². The molecular weight excluding hydrogens is 198 g/mol. The highest BCUT2D eigenvalue weighted by atomic mass is 35.5. The van der Waals surface area contributed by atoms with Crippen molar-refractivity contribution in [2.45, 2.75) is 18.9 Å². The predicted molar refractivity (Wildman–Crippen MR) is 58.3 cm³/mol. The molecule has 0 unspecified atom stereocenters. The van der Waals surface area contributed by atoms with Gasteiger partial charge in [0.2, 0.25) is 0 Å². The number of rotatable bonds is 3. The second-order valence-electron chi connectivity index (χ2n) is 3.66. The van der Waals surface area contributed by atoms with E-state index in [1.807, 2.05) is 19.2 Å². The van der Waals surface area contributed by atoms with Crippen molar-refractivity contribution in [1.82, 2.24) is 0 Å². The largest absolute Gasteiger partial charge is 0.371 e. The van der Waals surface area contributed by atoms with Crippen LogP contribution in [0.2, 0.25) is 5.02 Å². The molecule has 0 aromatic heterocycles. The second kappa shape index (κ2) is 3.62. The van der Waals surface area contributed by atoms with Crippen LogP contribution in [0, 0.1) is 0 Å². The summed E-state index contributed by atoms with van der Waals surface area (Å²) in [5.41, 5.74) is 1.65. The fraction of sp³-hybridized carbons (Fsp3) is 0.364. The lowest BCUT2D eigenvalue weighted by Gasteiger charge is -2.20. The van der Waals surface area contributed by atoms with Gasteiger partial charge in [-0.05, 0) is 31.0 Å². The molecule has 74 valence electrons. The minimum atomic E-state index is 0.606. The molecule has 0 amide bonds. The van der Waals surface area contributed by atoms with Gasteiger partial charge in [-0.15, -0.1) is 0 Å². The molecule has 0 aliphatic heterocycles. The van der Waals surface area contributed by atoms with Crippen molar-refractivity contribution in [2.24, 2.45) is 0 Å². The van der Waals surface area contributed by atoms with Gasteiger partial charge in [-0.25, -0.2) is 0 Å². The molecule has 0 saturated heterocycles. The molecule has 1 aliphatic carbocycles. The quantitative estimate of drug-likeness (QED) is 0.714. The third kappa shape index (κ3) is 1.75. The fourth-order valence-corrected chi connectivity index (χ4v) is 1.78. The van der Waals surface area contributed by atoms with Gasteiger partial charge < -0.3 is 4.90 Å². The number of hydrogen-bond donors (Lipinski definition) is 0. The minimum absolute atomic E-state index is 0.606. The Balaban J connectivity index is 2.35. The Morgan fingerprint density at radius 3 is 2.79 bits per heavy atom. The maximum Gasteiger partial charge on any atom is 0.152 e. The topological polar surface area (TPSA) is 20.3 Å². The Bertz CT molecular complexity index is 360. The number of carbonyl (C=O) groups is 1. The van der Waals surface area contributed by atoms with Crippen LogP contribution in [-0.2, 0) is 0 Å². The number of benzene rings is 1. The SMILES string of the molecule is CN(c1ccc(Cl)cc1C=O)C1CC1. The maximum atomic E-state index is 10.8. The molecule has 0 N–H and O–H groups in total. The van der Waals surface area contributed by atoms with E-state index in [1.165, 1.54) is 12.8 Å². The molecule has 0 radical (unpaired) electrons. The fourth-order valence-electron chi connectivity index (χ4n) is 1.60. The van der Waals surface area contributed by atoms with Crippen molar-refractivity contribution >= 4 is 23.6 Å². The van der Waals surface area contributed by atoms with Gasteiger partial charge in [0, 0.05) is 29.4 Å². The molecular formula is C11H12ClNO. The molecule has 0 atom stereocenters. The molecule has 3 heteroatoms. The number of anilines is 1. The molecule has 1 aromatic rings. The van der Waals surface area contributed by atoms with E-state index >= 15 is 0 Å². The lowest BCUT2D eigenvalue weighted by atomic mass is 10.2. The Morgan fingerprint density at radius 2 is 2.21 bits per heavy atom. The van der Waals surface area contributed by atoms with Crippen LogP contribution in [0.15, 0.2) is 18.2 Å². The van der Waals surface area contributed by atoms with Crippen LogP contribution in [0.1, 0.15) is 23.2 Å². The van der Waals surface area contributed by atoms with Gasteiger partial charge >= 0.3 is 0 Å². The molecule has 1 aliphatic rings. The van der Waals surface area contributed by atoms with E-state index in [9.17, 15) is 4.79 Å². The summed E-state index contributed by atoms with van der Waals surface area (Å²) in [6.07, 6.45) is 3.30. The van der Waals surface area contributed by atoms with E-state index in [0.29, 0.717) is 16.6 Å². The van der Waals surface area contributed by atoms with Crippen molar-refractivity contribution in [3.05, 3.63) is 28.8 Å². The van der Waals surface area contributed by atoms with Crippen molar-refractivity contribution in [1.29, 1.82) is 0 Å². The van der Waals surface area contributed by atoms with Crippen LogP contribution in [0.25, 0.3) is 0 Å². The third-order valence-electron chi connectivity index (χ3n) is 2.59. The Hall–Kier alpha value is -1.02. The zero-order valence-corrected chi connectivity index (χ0v) is 8.79. The number of carbonyl (C=O) groups excluding carboxylic acids is 1. The number of nitrogens with zero attached hydrogens (tertiary/aromatic N) is 1. The van der Waals surface area contributed by atoms with Crippen molar-refractivity contribution < 1.29 is 4.79 Å². The van der Waals surface area contributed by atoms with Crippen LogP contribution >= 0.6 is 11.6 Å². The highest BCUT2D eigenvalue weighted by Crippen LogP contribution is 2.32. The van der Waals surface area contributed by atoms with E-state index in [1.54, 1.807) is 6.07 Å². The van der Waals surface area contributed by atoms with Gasteiger partial charge in [0.05, 0.1) is 0 Å². The zero-order chi connectivity index (χ0) is 10.1. The smallest absolute Gasteiger partial charge is 0.152 e. The Morgan fingerprint density at radius 1 is 1.50 bits per heavy atom. The standard InChI is InChI=1S/C11H12ClNO/c1-13(10-3-4-10)11-5-2-9(12)6-8(11)7-14/h2,5-7,10H,3-4H2,1H3. The highest BCUT2D eigenvalue weighted by Gasteiger charge is 2.27. The van der Waals surface area contributed by atoms with Crippen molar-refractivity contribution in [3.63, 3.8) is 0 Å². The molecule has 1 saturated carbocycles. The summed E-state index contributed by atoms with van der Waals surface area (Å²) < 4.78 is 0. The first kappa shape index (κ1) is 9.53. The molecule has 1 fully saturated rings. The normalized spacial score (nSPS) is 15.3. The number of hydrogen-bond acceptors (Lipinski definition) is 2. The van der Waals surface area contributed by atoms with Crippen LogP contribution in [0.3, 0.4) is 0 Å². The lowest BCUT2D eigenvalue weighted by molar-refractivity contribution is 0.112. The molecule has 1 aromatic carbocycles. The molecule has 14 heavy (non-hydrogen) atoms. The second-order valence-corrected chi connectivity index (χ2v) is 4.10. The lowest BCUT2D eigenvalue weighted by Crippen LogP contribution is -2.20. The molecule has 0 spiro atoms. The summed E-state index contributed by atoms with van der Waals surface area (Å²) in [6, 6.07) is 6.05. The van der Waals surface area contributed by atoms with Crippen LogP contribution in [0.4, 0.5) is 5.69 Å². The first-order valence-corrected chi connectivity index (χ1v) is 5.07. The summed E-state index contributed by atoms with van der Waals surface area (Å²) in [5, 5.41) is 0.611. The average Bonchev–Trinajstić information content (AvgIpc) is 3.00. The molecule has 2 rings (SSSR count). The van der Waals surface area contributed by atoms with Gasteiger partial charge in [0.15, 0.2) is 6.29 Å². The highest BCUT2D eigenvalue weighted by molar-refractivity contribution is 6.31.